The Morgan fingerprint density at radius 3 is 2.94 bits per heavy atom. The van der Waals surface area contributed by atoms with Gasteiger partial charge >= 0.3 is 0 Å². The van der Waals surface area contributed by atoms with Crippen molar-refractivity contribution < 1.29 is 18.9 Å². The monoisotopic (exact) mass is 234 g/mol. The number of ether oxygens (including phenoxy) is 4. The zero-order valence-electron chi connectivity index (χ0n) is 9.43. The summed E-state index contributed by atoms with van der Waals surface area (Å²) in [6.45, 7) is 2.78. The Hall–Kier alpha value is -1.26. The lowest BCUT2D eigenvalue weighted by molar-refractivity contribution is 0.0501. The van der Waals surface area contributed by atoms with Crippen LogP contribution in [0.25, 0.3) is 0 Å². The van der Waals surface area contributed by atoms with Crippen molar-refractivity contribution in [1.29, 1.82) is 0 Å². The standard InChI is InChI=1S/C13H14O4/c1-2-11-12(17-7-16-11)3-8(1)13-10-6-14-4-9(10)5-15-13/h1-3,9-10,13H,4-7H2/t9-,10-,13-/m1/s1. The summed E-state index contributed by atoms with van der Waals surface area (Å²) in [5.41, 5.74) is 1.17. The van der Waals surface area contributed by atoms with Gasteiger partial charge in [0.1, 0.15) is 0 Å². The van der Waals surface area contributed by atoms with Crippen molar-refractivity contribution in [1.82, 2.24) is 0 Å². The quantitative estimate of drug-likeness (QED) is 0.741. The third-order valence-corrected chi connectivity index (χ3v) is 3.85. The molecule has 3 aliphatic rings. The van der Waals surface area contributed by atoms with E-state index in [9.17, 15) is 0 Å². The zero-order chi connectivity index (χ0) is 11.2. The summed E-state index contributed by atoms with van der Waals surface area (Å²) >= 11 is 0. The van der Waals surface area contributed by atoms with E-state index >= 15 is 0 Å². The van der Waals surface area contributed by atoms with E-state index in [1.807, 2.05) is 12.1 Å². The molecule has 4 nitrogen and oxygen atoms in total. The minimum absolute atomic E-state index is 0.150. The van der Waals surface area contributed by atoms with E-state index in [4.69, 9.17) is 18.9 Å². The Kier molecular flexibility index (Phi) is 2.07. The van der Waals surface area contributed by atoms with Gasteiger partial charge in [0.25, 0.3) is 0 Å². The molecule has 2 saturated heterocycles. The van der Waals surface area contributed by atoms with Gasteiger partial charge in [-0.3, -0.25) is 0 Å². The van der Waals surface area contributed by atoms with Gasteiger partial charge in [-0.05, 0) is 17.7 Å². The molecular weight excluding hydrogens is 220 g/mol. The molecule has 2 fully saturated rings. The molecule has 0 N–H and O–H groups in total. The van der Waals surface area contributed by atoms with Crippen LogP contribution in [-0.4, -0.2) is 26.6 Å². The maximum atomic E-state index is 5.89. The van der Waals surface area contributed by atoms with Crippen molar-refractivity contribution in [3.63, 3.8) is 0 Å². The highest BCUT2D eigenvalue weighted by atomic mass is 16.7. The van der Waals surface area contributed by atoms with Crippen LogP contribution in [-0.2, 0) is 9.47 Å². The van der Waals surface area contributed by atoms with Crippen molar-refractivity contribution in [2.45, 2.75) is 6.10 Å². The van der Waals surface area contributed by atoms with Crippen LogP contribution in [0.15, 0.2) is 18.2 Å². The summed E-state index contributed by atoms with van der Waals surface area (Å²) in [7, 11) is 0. The average Bonchev–Trinajstić information content (AvgIpc) is 3.03. The fraction of sp³-hybridized carbons (Fsp3) is 0.538. The Bertz CT molecular complexity index is 445. The lowest BCUT2D eigenvalue weighted by Gasteiger charge is -2.16. The molecule has 90 valence electrons. The van der Waals surface area contributed by atoms with Crippen LogP contribution >= 0.6 is 0 Å². The lowest BCUT2D eigenvalue weighted by atomic mass is 9.90. The molecule has 3 aliphatic heterocycles. The van der Waals surface area contributed by atoms with Gasteiger partial charge in [-0.25, -0.2) is 0 Å². The largest absolute Gasteiger partial charge is 0.454 e. The van der Waals surface area contributed by atoms with E-state index in [1.54, 1.807) is 0 Å². The van der Waals surface area contributed by atoms with Gasteiger partial charge in [-0.1, -0.05) is 6.07 Å². The van der Waals surface area contributed by atoms with Crippen molar-refractivity contribution in [3.8, 4) is 11.5 Å². The molecule has 1 aromatic rings. The van der Waals surface area contributed by atoms with Crippen LogP contribution in [0, 0.1) is 11.8 Å². The number of rotatable bonds is 1. The van der Waals surface area contributed by atoms with Gasteiger partial charge in [-0.15, -0.1) is 0 Å². The van der Waals surface area contributed by atoms with Gasteiger partial charge < -0.3 is 18.9 Å². The molecule has 4 heteroatoms. The Morgan fingerprint density at radius 1 is 1.00 bits per heavy atom. The van der Waals surface area contributed by atoms with Crippen molar-refractivity contribution >= 4 is 0 Å². The molecule has 0 amide bonds. The molecule has 0 bridgehead atoms. The number of fused-ring (bicyclic) bond motifs is 2. The number of hydrogen-bond acceptors (Lipinski definition) is 4. The second-order valence-electron chi connectivity index (χ2n) is 4.83. The SMILES string of the molecule is c1cc2c(cc1[C@H]1OC[C@H]3COC[C@H]31)OCO2. The first-order chi connectivity index (χ1) is 8.42. The summed E-state index contributed by atoms with van der Waals surface area (Å²) < 4.78 is 22.1. The van der Waals surface area contributed by atoms with Crippen molar-refractivity contribution in [2.75, 3.05) is 26.6 Å². The maximum Gasteiger partial charge on any atom is 0.231 e. The van der Waals surface area contributed by atoms with Crippen molar-refractivity contribution in [2.24, 2.45) is 11.8 Å². The van der Waals surface area contributed by atoms with E-state index in [2.05, 4.69) is 6.07 Å². The molecule has 17 heavy (non-hydrogen) atoms. The van der Waals surface area contributed by atoms with Gasteiger partial charge in [0, 0.05) is 11.8 Å². The molecule has 0 aliphatic carbocycles. The Labute approximate surface area is 99.4 Å². The normalized spacial score (nSPS) is 34.0. The number of hydrogen-bond donors (Lipinski definition) is 0. The highest BCUT2D eigenvalue weighted by Crippen LogP contribution is 2.44. The average molecular weight is 234 g/mol. The van der Waals surface area contributed by atoms with Gasteiger partial charge in [0.15, 0.2) is 11.5 Å². The first-order valence-corrected chi connectivity index (χ1v) is 6.01. The number of benzene rings is 1. The van der Waals surface area contributed by atoms with Crippen LogP contribution < -0.4 is 9.47 Å². The maximum absolute atomic E-state index is 5.89. The second-order valence-corrected chi connectivity index (χ2v) is 4.83. The third kappa shape index (κ3) is 1.44. The van der Waals surface area contributed by atoms with Crippen LogP contribution in [0.5, 0.6) is 11.5 Å². The zero-order valence-corrected chi connectivity index (χ0v) is 9.43. The van der Waals surface area contributed by atoms with E-state index < -0.39 is 0 Å². The predicted octanol–water partition coefficient (Wildman–Crippen LogP) is 1.75. The Morgan fingerprint density at radius 2 is 1.94 bits per heavy atom. The van der Waals surface area contributed by atoms with E-state index in [0.717, 1.165) is 31.3 Å². The fourth-order valence-electron chi connectivity index (χ4n) is 2.91. The third-order valence-electron chi connectivity index (χ3n) is 3.85. The van der Waals surface area contributed by atoms with Crippen molar-refractivity contribution in [3.05, 3.63) is 23.8 Å². The topological polar surface area (TPSA) is 36.9 Å². The molecule has 1 aromatic carbocycles. The summed E-state index contributed by atoms with van der Waals surface area (Å²) in [4.78, 5) is 0. The molecular formula is C13H14O4. The lowest BCUT2D eigenvalue weighted by Crippen LogP contribution is -2.12. The van der Waals surface area contributed by atoms with Gasteiger partial charge in [-0.2, -0.15) is 0 Å². The highest BCUT2D eigenvalue weighted by molar-refractivity contribution is 5.45. The van der Waals surface area contributed by atoms with Crippen LogP contribution in [0.4, 0.5) is 0 Å². The first kappa shape index (κ1) is 9.74. The minimum Gasteiger partial charge on any atom is -0.454 e. The smallest absolute Gasteiger partial charge is 0.231 e. The van der Waals surface area contributed by atoms with E-state index in [1.165, 1.54) is 5.56 Å². The molecule has 0 saturated carbocycles. The molecule has 3 atom stereocenters. The van der Waals surface area contributed by atoms with E-state index in [-0.39, 0.29) is 6.10 Å². The summed E-state index contributed by atoms with van der Waals surface area (Å²) in [6.07, 6.45) is 0.150. The molecule has 3 heterocycles. The first-order valence-electron chi connectivity index (χ1n) is 6.01. The summed E-state index contributed by atoms with van der Waals surface area (Å²) in [5.74, 6) is 2.71. The minimum atomic E-state index is 0.150. The van der Waals surface area contributed by atoms with Gasteiger partial charge in [0.2, 0.25) is 6.79 Å². The molecule has 0 spiro atoms. The highest BCUT2D eigenvalue weighted by Gasteiger charge is 2.42. The predicted molar refractivity (Wildman–Crippen MR) is 59.1 cm³/mol. The van der Waals surface area contributed by atoms with Gasteiger partial charge in [0.05, 0.1) is 25.9 Å². The Balaban J connectivity index is 1.66. The molecule has 0 unspecified atom stereocenters. The van der Waals surface area contributed by atoms with Crippen LogP contribution in [0.1, 0.15) is 11.7 Å². The van der Waals surface area contributed by atoms with Crippen LogP contribution in [0.3, 0.4) is 0 Å². The molecule has 4 rings (SSSR count). The van der Waals surface area contributed by atoms with Crippen LogP contribution in [0.2, 0.25) is 0 Å². The molecule has 0 aromatic heterocycles. The van der Waals surface area contributed by atoms with E-state index in [0.29, 0.717) is 18.6 Å². The summed E-state index contributed by atoms with van der Waals surface area (Å²) in [5, 5.41) is 0. The second kappa shape index (κ2) is 3.62. The molecule has 0 radical (unpaired) electrons. The fourth-order valence-corrected chi connectivity index (χ4v) is 2.91. The summed E-state index contributed by atoms with van der Waals surface area (Å²) in [6, 6.07) is 6.07.